The van der Waals surface area contributed by atoms with Gasteiger partial charge in [0.2, 0.25) is 5.91 Å². The van der Waals surface area contributed by atoms with Crippen molar-refractivity contribution >= 4 is 11.9 Å². The van der Waals surface area contributed by atoms with Gasteiger partial charge in [-0.2, -0.15) is 0 Å². The first-order chi connectivity index (χ1) is 38.0. The van der Waals surface area contributed by atoms with Gasteiger partial charge in [0, 0.05) is 12.8 Å². The van der Waals surface area contributed by atoms with E-state index in [2.05, 4.69) is 43.5 Å². The molecule has 0 aliphatic carbocycles. The minimum atomic E-state index is -0.670. The summed E-state index contributed by atoms with van der Waals surface area (Å²) in [6.45, 7) is 4.98. The van der Waals surface area contributed by atoms with Crippen LogP contribution >= 0.6 is 0 Å². The van der Waals surface area contributed by atoms with Crippen LogP contribution in [0.1, 0.15) is 393 Å². The maximum Gasteiger partial charge on any atom is 0.305 e. The van der Waals surface area contributed by atoms with Crippen molar-refractivity contribution in [3.63, 3.8) is 0 Å². The summed E-state index contributed by atoms with van der Waals surface area (Å²) in [6.07, 6.45) is 83.6. The number of carbonyl (C=O) groups excluding carboxylic acids is 2. The van der Waals surface area contributed by atoms with Crippen molar-refractivity contribution in [2.45, 2.75) is 405 Å². The minimum Gasteiger partial charge on any atom is -0.466 e. The summed E-state index contributed by atoms with van der Waals surface area (Å²) in [4.78, 5) is 24.6. The van der Waals surface area contributed by atoms with Gasteiger partial charge in [-0.3, -0.25) is 9.59 Å². The molecule has 0 aliphatic heterocycles. The number of carbonyl (C=O) groups is 2. The van der Waals surface area contributed by atoms with Crippen molar-refractivity contribution in [2.75, 3.05) is 13.2 Å². The molecular weight excluding hydrogens is 947 g/mol. The van der Waals surface area contributed by atoms with Crippen LogP contribution in [-0.4, -0.2) is 47.4 Å². The summed E-state index contributed by atoms with van der Waals surface area (Å²) < 4.78 is 5.47. The molecule has 0 bridgehead atoms. The van der Waals surface area contributed by atoms with Gasteiger partial charge in [-0.1, -0.05) is 346 Å². The lowest BCUT2D eigenvalue weighted by atomic mass is 10.0. The first-order valence-corrected chi connectivity index (χ1v) is 35.1. The SMILES string of the molecule is CCCCCCCCCCCCCCCCCCCCCCCCCCC(O)C(CO)NC(=O)CCCCCCCCCCC/C=C\C/C=C\CCCCCCCCCCCOC(=O)CCCCCCCCCCCCC. The van der Waals surface area contributed by atoms with Gasteiger partial charge >= 0.3 is 5.97 Å². The van der Waals surface area contributed by atoms with Crippen LogP contribution in [0.4, 0.5) is 0 Å². The Morgan fingerprint density at radius 3 is 0.987 bits per heavy atom. The molecule has 6 heteroatoms. The highest BCUT2D eigenvalue weighted by molar-refractivity contribution is 5.76. The number of aliphatic hydroxyl groups excluding tert-OH is 2. The molecular formula is C71H137NO5. The standard InChI is InChI=1S/C71H137NO5/c1-3-5-7-9-11-13-15-16-17-18-19-20-21-25-28-31-34-37-40-44-47-51-55-59-63-69(74)68(67-73)72-70(75)64-60-56-52-48-45-41-38-35-32-29-26-23-22-24-27-30-33-36-39-42-46-50-54-58-62-66-77-71(76)65-61-57-53-49-43-14-12-10-8-6-4-2/h23-24,26-27,68-69,73-74H,3-22,25,28-67H2,1-2H3,(H,72,75)/b26-23-,27-24-. The molecule has 2 unspecified atom stereocenters. The molecule has 6 nitrogen and oxygen atoms in total. The summed E-state index contributed by atoms with van der Waals surface area (Å²) in [5.41, 5.74) is 0. The van der Waals surface area contributed by atoms with Gasteiger partial charge in [0.1, 0.15) is 0 Å². The Bertz CT molecular complexity index is 1200. The van der Waals surface area contributed by atoms with Crippen molar-refractivity contribution in [3.05, 3.63) is 24.3 Å². The number of amides is 1. The van der Waals surface area contributed by atoms with Crippen LogP contribution in [0.2, 0.25) is 0 Å². The lowest BCUT2D eigenvalue weighted by Crippen LogP contribution is -2.45. The highest BCUT2D eigenvalue weighted by Gasteiger charge is 2.20. The van der Waals surface area contributed by atoms with E-state index in [1.807, 2.05) is 0 Å². The van der Waals surface area contributed by atoms with Gasteiger partial charge < -0.3 is 20.3 Å². The molecule has 0 spiro atoms. The van der Waals surface area contributed by atoms with Crippen LogP contribution in [0.3, 0.4) is 0 Å². The Morgan fingerprint density at radius 2 is 0.649 bits per heavy atom. The van der Waals surface area contributed by atoms with E-state index in [0.717, 1.165) is 44.9 Å². The fourth-order valence-corrected chi connectivity index (χ4v) is 11.1. The largest absolute Gasteiger partial charge is 0.466 e. The van der Waals surface area contributed by atoms with Crippen molar-refractivity contribution in [1.29, 1.82) is 0 Å². The van der Waals surface area contributed by atoms with Crippen LogP contribution in [0.25, 0.3) is 0 Å². The second-order valence-corrected chi connectivity index (χ2v) is 24.2. The predicted octanol–water partition coefficient (Wildman–Crippen LogP) is 22.5. The average molecular weight is 1080 g/mol. The Morgan fingerprint density at radius 1 is 0.364 bits per heavy atom. The van der Waals surface area contributed by atoms with Gasteiger partial charge in [0.05, 0.1) is 25.4 Å². The summed E-state index contributed by atoms with van der Waals surface area (Å²) in [6, 6.07) is -0.547. The van der Waals surface area contributed by atoms with E-state index in [1.165, 1.54) is 315 Å². The zero-order chi connectivity index (χ0) is 55.7. The maximum absolute atomic E-state index is 12.5. The highest BCUT2D eigenvalue weighted by atomic mass is 16.5. The maximum atomic E-state index is 12.5. The van der Waals surface area contributed by atoms with E-state index >= 15 is 0 Å². The molecule has 1 amide bonds. The molecule has 0 radical (unpaired) electrons. The van der Waals surface area contributed by atoms with E-state index in [0.29, 0.717) is 25.9 Å². The fraction of sp³-hybridized carbons (Fsp3) is 0.915. The van der Waals surface area contributed by atoms with E-state index < -0.39 is 12.1 Å². The Balaban J connectivity index is 3.43. The lowest BCUT2D eigenvalue weighted by molar-refractivity contribution is -0.143. The number of hydrogen-bond donors (Lipinski definition) is 3. The Hall–Kier alpha value is -1.66. The number of ether oxygens (including phenoxy) is 1. The van der Waals surface area contributed by atoms with Gasteiger partial charge in [-0.15, -0.1) is 0 Å². The zero-order valence-electron chi connectivity index (χ0n) is 52.2. The van der Waals surface area contributed by atoms with Crippen LogP contribution in [-0.2, 0) is 14.3 Å². The summed E-state index contributed by atoms with van der Waals surface area (Å²) >= 11 is 0. The number of unbranched alkanes of at least 4 members (excludes halogenated alkanes) is 51. The number of aliphatic hydroxyl groups is 2. The smallest absolute Gasteiger partial charge is 0.305 e. The number of esters is 1. The number of allylic oxidation sites excluding steroid dienone is 4. The van der Waals surface area contributed by atoms with Crippen molar-refractivity contribution in [2.24, 2.45) is 0 Å². The van der Waals surface area contributed by atoms with E-state index in [1.54, 1.807) is 0 Å². The van der Waals surface area contributed by atoms with Gasteiger partial charge in [0.15, 0.2) is 0 Å². The van der Waals surface area contributed by atoms with Crippen LogP contribution in [0, 0.1) is 0 Å². The molecule has 0 saturated carbocycles. The summed E-state index contributed by atoms with van der Waals surface area (Å²) in [5.74, 6) is -0.0270. The Labute approximate surface area is 481 Å². The minimum absolute atomic E-state index is 0.00948. The normalized spacial score (nSPS) is 12.6. The summed E-state index contributed by atoms with van der Waals surface area (Å²) in [7, 11) is 0. The first kappa shape index (κ1) is 75.3. The molecule has 0 aromatic rings. The number of rotatable bonds is 66. The van der Waals surface area contributed by atoms with Crippen molar-refractivity contribution in [1.82, 2.24) is 5.32 Å². The van der Waals surface area contributed by atoms with E-state index in [4.69, 9.17) is 4.74 Å². The molecule has 0 rings (SSSR count). The van der Waals surface area contributed by atoms with Crippen LogP contribution in [0.15, 0.2) is 24.3 Å². The van der Waals surface area contributed by atoms with E-state index in [9.17, 15) is 19.8 Å². The fourth-order valence-electron chi connectivity index (χ4n) is 11.1. The van der Waals surface area contributed by atoms with Crippen molar-refractivity contribution in [3.8, 4) is 0 Å². The number of nitrogens with one attached hydrogen (secondary N) is 1. The molecule has 3 N–H and O–H groups in total. The molecule has 0 aliphatic rings. The van der Waals surface area contributed by atoms with Crippen LogP contribution < -0.4 is 5.32 Å². The quantitative estimate of drug-likeness (QED) is 0.0320. The summed E-state index contributed by atoms with van der Waals surface area (Å²) in [5, 5.41) is 23.4. The molecule has 0 aromatic carbocycles. The third kappa shape index (κ3) is 63.4. The van der Waals surface area contributed by atoms with E-state index in [-0.39, 0.29) is 18.5 Å². The second-order valence-electron chi connectivity index (χ2n) is 24.2. The van der Waals surface area contributed by atoms with Gasteiger partial charge in [-0.25, -0.2) is 0 Å². The van der Waals surface area contributed by atoms with Crippen molar-refractivity contribution < 1.29 is 24.5 Å². The monoisotopic (exact) mass is 1080 g/mol. The molecule has 0 fully saturated rings. The Kier molecular flexibility index (Phi) is 65.4. The molecule has 77 heavy (non-hydrogen) atoms. The molecule has 0 aromatic heterocycles. The average Bonchev–Trinajstić information content (AvgIpc) is 3.43. The highest BCUT2D eigenvalue weighted by Crippen LogP contribution is 2.19. The molecule has 456 valence electrons. The zero-order valence-corrected chi connectivity index (χ0v) is 52.2. The third-order valence-electron chi connectivity index (χ3n) is 16.5. The molecule has 0 heterocycles. The first-order valence-electron chi connectivity index (χ1n) is 35.1. The molecule has 0 saturated heterocycles. The number of hydrogen-bond acceptors (Lipinski definition) is 5. The van der Waals surface area contributed by atoms with Crippen LogP contribution in [0.5, 0.6) is 0 Å². The van der Waals surface area contributed by atoms with Gasteiger partial charge in [0.25, 0.3) is 0 Å². The molecule has 2 atom stereocenters. The second kappa shape index (κ2) is 66.8. The lowest BCUT2D eigenvalue weighted by Gasteiger charge is -2.22. The predicted molar refractivity (Wildman–Crippen MR) is 338 cm³/mol. The third-order valence-corrected chi connectivity index (χ3v) is 16.5. The topological polar surface area (TPSA) is 95.9 Å². The van der Waals surface area contributed by atoms with Gasteiger partial charge in [-0.05, 0) is 57.8 Å².